The second kappa shape index (κ2) is 7.12. The summed E-state index contributed by atoms with van der Waals surface area (Å²) >= 11 is 5.86. The van der Waals surface area contributed by atoms with Crippen molar-refractivity contribution in [1.82, 2.24) is 4.31 Å². The SMILES string of the molecule is CCCC1CCN(S(=O)(=O)c2cc(CCl)ccc2CC)C1. The Hall–Kier alpha value is -0.580. The van der Waals surface area contributed by atoms with Crippen molar-refractivity contribution in [3.05, 3.63) is 29.3 Å². The van der Waals surface area contributed by atoms with Crippen molar-refractivity contribution in [2.75, 3.05) is 13.1 Å². The van der Waals surface area contributed by atoms with E-state index < -0.39 is 10.0 Å². The molecular formula is C16H24ClNO2S. The zero-order valence-corrected chi connectivity index (χ0v) is 14.4. The molecule has 1 aromatic carbocycles. The Morgan fingerprint density at radius 2 is 2.10 bits per heavy atom. The molecule has 0 spiro atoms. The van der Waals surface area contributed by atoms with Gasteiger partial charge in [0.15, 0.2) is 0 Å². The van der Waals surface area contributed by atoms with Crippen LogP contribution in [0, 0.1) is 5.92 Å². The van der Waals surface area contributed by atoms with Crippen molar-refractivity contribution in [1.29, 1.82) is 0 Å². The summed E-state index contributed by atoms with van der Waals surface area (Å²) in [6.45, 7) is 5.43. The minimum Gasteiger partial charge on any atom is -0.207 e. The first-order chi connectivity index (χ1) is 10.0. The van der Waals surface area contributed by atoms with Crippen LogP contribution in [-0.4, -0.2) is 25.8 Å². The van der Waals surface area contributed by atoms with Crippen molar-refractivity contribution < 1.29 is 8.42 Å². The molecule has 1 aliphatic rings. The third-order valence-electron chi connectivity index (χ3n) is 4.23. The number of halogens is 1. The number of rotatable bonds is 6. The predicted octanol–water partition coefficient (Wildman–Crippen LogP) is 3.80. The summed E-state index contributed by atoms with van der Waals surface area (Å²) < 4.78 is 27.5. The summed E-state index contributed by atoms with van der Waals surface area (Å²) in [5, 5.41) is 0. The van der Waals surface area contributed by atoms with E-state index >= 15 is 0 Å². The van der Waals surface area contributed by atoms with E-state index in [1.807, 2.05) is 19.1 Å². The summed E-state index contributed by atoms with van der Waals surface area (Å²) in [6.07, 6.45) is 3.90. The maximum absolute atomic E-state index is 12.9. The summed E-state index contributed by atoms with van der Waals surface area (Å²) in [5.74, 6) is 0.844. The van der Waals surface area contributed by atoms with E-state index in [1.54, 1.807) is 10.4 Å². The molecule has 0 bridgehead atoms. The third kappa shape index (κ3) is 3.61. The van der Waals surface area contributed by atoms with Gasteiger partial charge in [-0.2, -0.15) is 4.31 Å². The van der Waals surface area contributed by atoms with Crippen LogP contribution < -0.4 is 0 Å². The van der Waals surface area contributed by atoms with Gasteiger partial charge in [0.05, 0.1) is 4.90 Å². The lowest BCUT2D eigenvalue weighted by Gasteiger charge is -2.19. The minimum absolute atomic E-state index is 0.338. The van der Waals surface area contributed by atoms with E-state index in [0.717, 1.165) is 30.4 Å². The van der Waals surface area contributed by atoms with E-state index in [9.17, 15) is 8.42 Å². The summed E-state index contributed by atoms with van der Waals surface area (Å²) in [7, 11) is -3.39. The molecule has 1 unspecified atom stereocenters. The van der Waals surface area contributed by atoms with Gasteiger partial charge >= 0.3 is 0 Å². The summed E-state index contributed by atoms with van der Waals surface area (Å²) in [4.78, 5) is 0.445. The van der Waals surface area contributed by atoms with Crippen LogP contribution in [0.15, 0.2) is 23.1 Å². The molecule has 1 saturated heterocycles. The number of alkyl halides is 1. The average Bonchev–Trinajstić information content (AvgIpc) is 2.96. The maximum atomic E-state index is 12.9. The molecule has 1 fully saturated rings. The molecule has 118 valence electrons. The molecule has 3 nitrogen and oxygen atoms in total. The lowest BCUT2D eigenvalue weighted by molar-refractivity contribution is 0.444. The van der Waals surface area contributed by atoms with E-state index in [1.165, 1.54) is 0 Å². The van der Waals surface area contributed by atoms with Crippen molar-refractivity contribution in [2.24, 2.45) is 5.92 Å². The second-order valence-corrected chi connectivity index (χ2v) is 7.91. The van der Waals surface area contributed by atoms with Gasteiger partial charge in [0.1, 0.15) is 0 Å². The fraction of sp³-hybridized carbons (Fsp3) is 0.625. The Bertz CT molecular complexity index is 586. The molecule has 2 rings (SSSR count). The van der Waals surface area contributed by atoms with Gasteiger partial charge in [-0.15, -0.1) is 11.6 Å². The molecule has 0 saturated carbocycles. The fourth-order valence-electron chi connectivity index (χ4n) is 3.01. The Morgan fingerprint density at radius 3 is 2.71 bits per heavy atom. The van der Waals surface area contributed by atoms with Gasteiger partial charge in [0.25, 0.3) is 0 Å². The number of aryl methyl sites for hydroxylation is 1. The molecule has 5 heteroatoms. The molecule has 1 aliphatic heterocycles. The van der Waals surface area contributed by atoms with Gasteiger partial charge in [-0.1, -0.05) is 32.4 Å². The first-order valence-electron chi connectivity index (χ1n) is 7.70. The molecule has 1 aromatic rings. The third-order valence-corrected chi connectivity index (χ3v) is 6.49. The predicted molar refractivity (Wildman–Crippen MR) is 87.2 cm³/mol. The van der Waals surface area contributed by atoms with Crippen molar-refractivity contribution >= 4 is 21.6 Å². The van der Waals surface area contributed by atoms with Crippen LogP contribution >= 0.6 is 11.6 Å². The smallest absolute Gasteiger partial charge is 0.207 e. The second-order valence-electron chi connectivity index (χ2n) is 5.74. The lowest BCUT2D eigenvalue weighted by Crippen LogP contribution is -2.29. The highest BCUT2D eigenvalue weighted by atomic mass is 35.5. The topological polar surface area (TPSA) is 37.4 Å². The van der Waals surface area contributed by atoms with Crippen molar-refractivity contribution in [3.8, 4) is 0 Å². The molecule has 0 radical (unpaired) electrons. The Morgan fingerprint density at radius 1 is 1.33 bits per heavy atom. The molecule has 0 aromatic heterocycles. The van der Waals surface area contributed by atoms with Gasteiger partial charge < -0.3 is 0 Å². The number of nitrogens with zero attached hydrogens (tertiary/aromatic N) is 1. The standard InChI is InChI=1S/C16H24ClNO2S/c1-3-5-13-8-9-18(12-13)21(19,20)16-10-14(11-17)6-7-15(16)4-2/h6-7,10,13H,3-5,8-9,11-12H2,1-2H3. The molecule has 1 atom stereocenters. The molecular weight excluding hydrogens is 306 g/mol. The molecule has 21 heavy (non-hydrogen) atoms. The van der Waals surface area contributed by atoms with Crippen LogP contribution in [0.3, 0.4) is 0 Å². The van der Waals surface area contributed by atoms with Gasteiger partial charge in [-0.25, -0.2) is 8.42 Å². The quantitative estimate of drug-likeness (QED) is 0.744. The lowest BCUT2D eigenvalue weighted by atomic mass is 10.0. The zero-order valence-electron chi connectivity index (χ0n) is 12.8. The Balaban J connectivity index is 2.31. The fourth-order valence-corrected chi connectivity index (χ4v) is 5.05. The minimum atomic E-state index is -3.39. The van der Waals surface area contributed by atoms with E-state index in [-0.39, 0.29) is 0 Å². The molecule has 0 N–H and O–H groups in total. The van der Waals surface area contributed by atoms with Gasteiger partial charge in [-0.3, -0.25) is 0 Å². The van der Waals surface area contributed by atoms with Gasteiger partial charge in [0, 0.05) is 19.0 Å². The van der Waals surface area contributed by atoms with Crippen LogP contribution in [0.5, 0.6) is 0 Å². The number of benzene rings is 1. The molecule has 0 amide bonds. The Kier molecular flexibility index (Phi) is 5.69. The highest BCUT2D eigenvalue weighted by Gasteiger charge is 2.33. The van der Waals surface area contributed by atoms with Crippen molar-refractivity contribution in [3.63, 3.8) is 0 Å². The van der Waals surface area contributed by atoms with Crippen LogP contribution in [0.2, 0.25) is 0 Å². The summed E-state index contributed by atoms with van der Waals surface area (Å²) in [5.41, 5.74) is 1.74. The molecule has 0 aliphatic carbocycles. The van der Waals surface area contributed by atoms with Crippen LogP contribution in [0.25, 0.3) is 0 Å². The zero-order chi connectivity index (χ0) is 15.5. The highest BCUT2D eigenvalue weighted by Crippen LogP contribution is 2.29. The first kappa shape index (κ1) is 16.8. The monoisotopic (exact) mass is 329 g/mol. The van der Waals surface area contributed by atoms with E-state index in [4.69, 9.17) is 11.6 Å². The van der Waals surface area contributed by atoms with Crippen LogP contribution in [0.4, 0.5) is 0 Å². The normalized spacial score (nSPS) is 20.0. The highest BCUT2D eigenvalue weighted by molar-refractivity contribution is 7.89. The van der Waals surface area contributed by atoms with Gasteiger partial charge in [0.2, 0.25) is 10.0 Å². The Labute approximate surface area is 133 Å². The van der Waals surface area contributed by atoms with Gasteiger partial charge in [-0.05, 0) is 42.4 Å². The maximum Gasteiger partial charge on any atom is 0.243 e. The van der Waals surface area contributed by atoms with Crippen LogP contribution in [0.1, 0.15) is 44.2 Å². The number of sulfonamides is 1. The number of hydrogen-bond donors (Lipinski definition) is 0. The number of hydrogen-bond acceptors (Lipinski definition) is 2. The largest absolute Gasteiger partial charge is 0.243 e. The van der Waals surface area contributed by atoms with Crippen molar-refractivity contribution in [2.45, 2.75) is 50.3 Å². The summed E-state index contributed by atoms with van der Waals surface area (Å²) in [6, 6.07) is 5.55. The first-order valence-corrected chi connectivity index (χ1v) is 9.68. The van der Waals surface area contributed by atoms with E-state index in [0.29, 0.717) is 36.2 Å². The average molecular weight is 330 g/mol. The van der Waals surface area contributed by atoms with Crippen LogP contribution in [-0.2, 0) is 22.3 Å². The van der Waals surface area contributed by atoms with E-state index in [2.05, 4.69) is 6.92 Å². The molecule has 1 heterocycles.